The van der Waals surface area contributed by atoms with E-state index in [4.69, 9.17) is 4.98 Å². The second kappa shape index (κ2) is 8.65. The summed E-state index contributed by atoms with van der Waals surface area (Å²) in [5.41, 5.74) is 3.35. The van der Waals surface area contributed by atoms with Crippen molar-refractivity contribution in [3.63, 3.8) is 0 Å². The molecule has 166 valence electrons. The standard InChI is InChI=1S/C22H16N10S2/c1-33-22-29-18(16-4-2-3-8-23-16)27-21(31-22)30-20-26-15-7-9-34-17(15)19(28-20)25-13-5-6-14-12(10-13)11-24-32-14/h2-11H,1H3,(H,24,32)(H2,25,26,27,28,29,30,31). The van der Waals surface area contributed by atoms with E-state index in [1.54, 1.807) is 23.7 Å². The number of thioether (sulfide) groups is 1. The molecule has 0 unspecified atom stereocenters. The molecule has 0 bridgehead atoms. The summed E-state index contributed by atoms with van der Waals surface area (Å²) in [6.45, 7) is 0. The minimum Gasteiger partial charge on any atom is -0.339 e. The smallest absolute Gasteiger partial charge is 0.234 e. The van der Waals surface area contributed by atoms with E-state index in [2.05, 4.69) is 45.8 Å². The van der Waals surface area contributed by atoms with Gasteiger partial charge in [0.1, 0.15) is 5.69 Å². The Labute approximate surface area is 201 Å². The number of anilines is 4. The number of benzene rings is 1. The molecule has 0 amide bonds. The van der Waals surface area contributed by atoms with Crippen molar-refractivity contribution in [2.45, 2.75) is 5.16 Å². The lowest BCUT2D eigenvalue weighted by Crippen LogP contribution is -2.06. The Morgan fingerprint density at radius 2 is 1.88 bits per heavy atom. The molecule has 0 radical (unpaired) electrons. The molecule has 0 saturated heterocycles. The topological polar surface area (TPSA) is 130 Å². The summed E-state index contributed by atoms with van der Waals surface area (Å²) in [6, 6.07) is 13.5. The number of rotatable bonds is 6. The summed E-state index contributed by atoms with van der Waals surface area (Å²) in [7, 11) is 0. The van der Waals surface area contributed by atoms with E-state index in [0.717, 1.165) is 26.8 Å². The first-order chi connectivity index (χ1) is 16.7. The first-order valence-corrected chi connectivity index (χ1v) is 12.3. The van der Waals surface area contributed by atoms with Crippen molar-refractivity contribution in [2.75, 3.05) is 16.9 Å². The van der Waals surface area contributed by atoms with Crippen LogP contribution in [-0.4, -0.2) is 46.4 Å². The number of aromatic nitrogens is 8. The number of hydrogen-bond acceptors (Lipinski definition) is 11. The van der Waals surface area contributed by atoms with Gasteiger partial charge in [-0.15, -0.1) is 11.3 Å². The number of H-pyrrole nitrogens is 1. The molecule has 0 saturated carbocycles. The molecule has 10 nitrogen and oxygen atoms in total. The zero-order valence-corrected chi connectivity index (χ0v) is 19.4. The van der Waals surface area contributed by atoms with Crippen LogP contribution in [0.25, 0.3) is 32.6 Å². The predicted octanol–water partition coefficient (Wildman–Crippen LogP) is 5.02. The number of pyridine rings is 1. The minimum absolute atomic E-state index is 0.348. The molecule has 5 heterocycles. The molecule has 0 atom stereocenters. The third-order valence-corrected chi connectivity index (χ3v) is 6.38. The van der Waals surface area contributed by atoms with Crippen LogP contribution >= 0.6 is 23.1 Å². The van der Waals surface area contributed by atoms with Crippen LogP contribution in [0.15, 0.2) is 65.4 Å². The first kappa shape index (κ1) is 20.4. The van der Waals surface area contributed by atoms with Gasteiger partial charge in [-0.25, -0.2) is 9.97 Å². The summed E-state index contributed by atoms with van der Waals surface area (Å²) < 4.78 is 0.951. The van der Waals surface area contributed by atoms with E-state index in [-0.39, 0.29) is 0 Å². The first-order valence-electron chi connectivity index (χ1n) is 10.2. The Hall–Kier alpha value is -4.16. The fraction of sp³-hybridized carbons (Fsp3) is 0.0455. The van der Waals surface area contributed by atoms with Crippen LogP contribution in [0.3, 0.4) is 0 Å². The van der Waals surface area contributed by atoms with Gasteiger partial charge >= 0.3 is 0 Å². The highest BCUT2D eigenvalue weighted by Gasteiger charge is 2.14. The molecule has 6 aromatic rings. The molecular weight excluding hydrogens is 468 g/mol. The van der Waals surface area contributed by atoms with Gasteiger partial charge in [-0.2, -0.15) is 20.1 Å². The molecule has 5 aromatic heterocycles. The maximum Gasteiger partial charge on any atom is 0.234 e. The van der Waals surface area contributed by atoms with E-state index < -0.39 is 0 Å². The highest BCUT2D eigenvalue weighted by molar-refractivity contribution is 7.98. The average Bonchev–Trinajstić information content (AvgIpc) is 3.53. The van der Waals surface area contributed by atoms with Crippen LogP contribution in [0.4, 0.5) is 23.4 Å². The van der Waals surface area contributed by atoms with Gasteiger partial charge < -0.3 is 5.32 Å². The normalized spacial score (nSPS) is 11.2. The molecule has 0 aliphatic heterocycles. The Bertz CT molecular complexity index is 1610. The van der Waals surface area contributed by atoms with E-state index in [1.165, 1.54) is 11.8 Å². The lowest BCUT2D eigenvalue weighted by molar-refractivity contribution is 0.913. The molecule has 0 fully saturated rings. The highest BCUT2D eigenvalue weighted by atomic mass is 32.2. The minimum atomic E-state index is 0.348. The second-order valence-electron chi connectivity index (χ2n) is 7.14. The van der Waals surface area contributed by atoms with E-state index in [0.29, 0.717) is 34.4 Å². The third kappa shape index (κ3) is 4.00. The summed E-state index contributed by atoms with van der Waals surface area (Å²) in [5.74, 6) is 1.89. The van der Waals surface area contributed by atoms with E-state index >= 15 is 0 Å². The fourth-order valence-corrected chi connectivity index (χ4v) is 4.51. The predicted molar refractivity (Wildman–Crippen MR) is 135 cm³/mol. The lowest BCUT2D eigenvalue weighted by atomic mass is 10.2. The summed E-state index contributed by atoms with van der Waals surface area (Å²) >= 11 is 3.00. The van der Waals surface area contributed by atoms with Crippen LogP contribution in [-0.2, 0) is 0 Å². The highest BCUT2D eigenvalue weighted by Crippen LogP contribution is 2.31. The van der Waals surface area contributed by atoms with Gasteiger partial charge in [-0.1, -0.05) is 17.8 Å². The van der Waals surface area contributed by atoms with Crippen molar-refractivity contribution in [1.82, 2.24) is 40.1 Å². The van der Waals surface area contributed by atoms with E-state index in [9.17, 15) is 0 Å². The molecule has 1 aromatic carbocycles. The Balaban J connectivity index is 1.37. The van der Waals surface area contributed by atoms with Crippen LogP contribution in [0.2, 0.25) is 0 Å². The van der Waals surface area contributed by atoms with Gasteiger partial charge in [-0.05, 0) is 48.0 Å². The fourth-order valence-electron chi connectivity index (χ4n) is 3.37. The molecule has 12 heteroatoms. The SMILES string of the molecule is CSc1nc(Nc2nc(Nc3ccc4[nH]ncc4c3)c3sccc3n2)nc(-c2ccccn2)n1. The van der Waals surface area contributed by atoms with Gasteiger partial charge in [-0.3, -0.25) is 15.4 Å². The van der Waals surface area contributed by atoms with Crippen molar-refractivity contribution < 1.29 is 0 Å². The van der Waals surface area contributed by atoms with Gasteiger partial charge in [0, 0.05) is 17.3 Å². The quantitative estimate of drug-likeness (QED) is 0.277. The number of fused-ring (bicyclic) bond motifs is 2. The Kier molecular flexibility index (Phi) is 5.20. The van der Waals surface area contributed by atoms with Gasteiger partial charge in [0.15, 0.2) is 16.8 Å². The second-order valence-corrected chi connectivity index (χ2v) is 8.83. The number of nitrogens with one attached hydrogen (secondary N) is 3. The number of nitrogens with zero attached hydrogens (tertiary/aromatic N) is 7. The third-order valence-electron chi connectivity index (χ3n) is 4.92. The van der Waals surface area contributed by atoms with Crippen LogP contribution < -0.4 is 10.6 Å². The summed E-state index contributed by atoms with van der Waals surface area (Å²) in [6.07, 6.45) is 5.41. The Morgan fingerprint density at radius 1 is 0.941 bits per heavy atom. The average molecular weight is 485 g/mol. The number of thiophene rings is 1. The van der Waals surface area contributed by atoms with Crippen LogP contribution in [0, 0.1) is 0 Å². The molecule has 3 N–H and O–H groups in total. The van der Waals surface area contributed by atoms with Crippen molar-refractivity contribution in [1.29, 1.82) is 0 Å². The largest absolute Gasteiger partial charge is 0.339 e. The van der Waals surface area contributed by atoms with Gasteiger partial charge in [0.25, 0.3) is 0 Å². The van der Waals surface area contributed by atoms with Crippen molar-refractivity contribution >= 4 is 67.6 Å². The maximum atomic E-state index is 4.72. The zero-order valence-electron chi connectivity index (χ0n) is 17.7. The zero-order chi connectivity index (χ0) is 22.9. The molecule has 34 heavy (non-hydrogen) atoms. The number of aromatic amines is 1. The molecular formula is C22H16N10S2. The van der Waals surface area contributed by atoms with E-state index in [1.807, 2.05) is 54.1 Å². The van der Waals surface area contributed by atoms with Gasteiger partial charge in [0.05, 0.1) is 21.9 Å². The van der Waals surface area contributed by atoms with Crippen LogP contribution in [0.5, 0.6) is 0 Å². The van der Waals surface area contributed by atoms with Gasteiger partial charge in [0.2, 0.25) is 11.9 Å². The summed E-state index contributed by atoms with van der Waals surface area (Å²) in [4.78, 5) is 27.2. The Morgan fingerprint density at radius 3 is 2.76 bits per heavy atom. The molecule has 0 aliphatic carbocycles. The molecule has 0 aliphatic rings. The molecule has 6 rings (SSSR count). The maximum absolute atomic E-state index is 4.72. The molecule has 0 spiro atoms. The number of hydrogen-bond donors (Lipinski definition) is 3. The van der Waals surface area contributed by atoms with Crippen molar-refractivity contribution in [3.05, 3.63) is 60.2 Å². The summed E-state index contributed by atoms with van der Waals surface area (Å²) in [5, 5.41) is 17.2. The van der Waals surface area contributed by atoms with Crippen molar-refractivity contribution in [2.24, 2.45) is 0 Å². The van der Waals surface area contributed by atoms with Crippen molar-refractivity contribution in [3.8, 4) is 11.5 Å². The monoisotopic (exact) mass is 484 g/mol. The lowest BCUT2D eigenvalue weighted by Gasteiger charge is -2.10. The van der Waals surface area contributed by atoms with Crippen LogP contribution in [0.1, 0.15) is 0 Å².